The van der Waals surface area contributed by atoms with Crippen molar-refractivity contribution in [3.63, 3.8) is 0 Å². The zero-order valence-corrected chi connectivity index (χ0v) is 11.8. The van der Waals surface area contributed by atoms with Crippen molar-refractivity contribution in [2.45, 2.75) is 44.1 Å². The van der Waals surface area contributed by atoms with Gasteiger partial charge in [0, 0.05) is 25.9 Å². The van der Waals surface area contributed by atoms with Gasteiger partial charge in [0.1, 0.15) is 0 Å². The molecule has 0 aromatic heterocycles. The Morgan fingerprint density at radius 3 is 2.85 bits per heavy atom. The molecule has 2 heterocycles. The summed E-state index contributed by atoms with van der Waals surface area (Å²) in [7, 11) is 0. The quantitative estimate of drug-likeness (QED) is 0.833. The van der Waals surface area contributed by atoms with Crippen LogP contribution in [0, 0.1) is 17.8 Å². The lowest BCUT2D eigenvalue weighted by molar-refractivity contribution is -0.142. The molecule has 0 aromatic carbocycles. The number of ether oxygens (including phenoxy) is 1. The van der Waals surface area contributed by atoms with Crippen molar-refractivity contribution in [2.24, 2.45) is 17.8 Å². The van der Waals surface area contributed by atoms with E-state index in [1.54, 1.807) is 0 Å². The number of alkyl carbamates (subject to hydrolysis) is 1. The maximum atomic E-state index is 12.3. The first-order valence-electron chi connectivity index (χ1n) is 7.86. The van der Waals surface area contributed by atoms with E-state index < -0.39 is 0 Å². The predicted octanol–water partition coefficient (Wildman–Crippen LogP) is 1.52. The highest BCUT2D eigenvalue weighted by Gasteiger charge is 2.49. The number of carbonyl (C=O) groups is 2. The molecule has 110 valence electrons. The van der Waals surface area contributed by atoms with E-state index in [1.807, 2.05) is 4.90 Å². The van der Waals surface area contributed by atoms with Crippen molar-refractivity contribution < 1.29 is 14.3 Å². The second-order valence-electron chi connectivity index (χ2n) is 7.18. The Morgan fingerprint density at radius 1 is 1.35 bits per heavy atom. The molecule has 5 nitrogen and oxygen atoms in total. The number of nitrogens with zero attached hydrogens (tertiary/aromatic N) is 1. The minimum atomic E-state index is -0.337. The highest BCUT2D eigenvalue weighted by atomic mass is 16.6. The fourth-order valence-corrected chi connectivity index (χ4v) is 4.73. The van der Waals surface area contributed by atoms with Gasteiger partial charge in [0.15, 0.2) is 0 Å². The molecule has 20 heavy (non-hydrogen) atoms. The van der Waals surface area contributed by atoms with Crippen molar-refractivity contribution >= 4 is 12.0 Å². The van der Waals surface area contributed by atoms with Gasteiger partial charge in [-0.05, 0) is 37.0 Å². The van der Waals surface area contributed by atoms with Gasteiger partial charge in [0.25, 0.3) is 0 Å². The number of nitrogens with one attached hydrogen (secondary N) is 1. The van der Waals surface area contributed by atoms with Gasteiger partial charge in [-0.2, -0.15) is 0 Å². The molecule has 2 saturated carbocycles. The summed E-state index contributed by atoms with van der Waals surface area (Å²) in [5.41, 5.74) is -0.195. The number of cyclic esters (lactones) is 1. The maximum absolute atomic E-state index is 12.3. The van der Waals surface area contributed by atoms with E-state index in [9.17, 15) is 9.59 Å². The third-order valence-electron chi connectivity index (χ3n) is 5.84. The van der Waals surface area contributed by atoms with Crippen LogP contribution in [0.25, 0.3) is 0 Å². The summed E-state index contributed by atoms with van der Waals surface area (Å²) in [5, 5.41) is 2.88. The number of carbonyl (C=O) groups excluding carboxylic acids is 2. The van der Waals surface area contributed by atoms with Gasteiger partial charge in [-0.1, -0.05) is 6.42 Å². The molecule has 2 amide bonds. The second kappa shape index (κ2) is 4.37. The molecule has 0 aromatic rings. The average molecular weight is 278 g/mol. The van der Waals surface area contributed by atoms with Crippen LogP contribution in [0.4, 0.5) is 4.79 Å². The Balaban J connectivity index is 1.30. The molecule has 2 aliphatic heterocycles. The maximum Gasteiger partial charge on any atom is 0.407 e. The molecular formula is C15H22N2O3. The van der Waals surface area contributed by atoms with Crippen molar-refractivity contribution in [3.05, 3.63) is 0 Å². The molecule has 2 saturated heterocycles. The molecule has 4 rings (SSSR count). The molecular weight excluding hydrogens is 256 g/mol. The van der Waals surface area contributed by atoms with E-state index >= 15 is 0 Å². The van der Waals surface area contributed by atoms with Crippen molar-refractivity contribution in [1.82, 2.24) is 10.2 Å². The number of hydrogen-bond acceptors (Lipinski definition) is 3. The summed E-state index contributed by atoms with van der Waals surface area (Å²) < 4.78 is 4.89. The fraction of sp³-hybridized carbons (Fsp3) is 0.867. The smallest absolute Gasteiger partial charge is 0.407 e. The summed E-state index contributed by atoms with van der Waals surface area (Å²) in [6, 6.07) is 0. The summed E-state index contributed by atoms with van der Waals surface area (Å²) >= 11 is 0. The number of amides is 2. The van der Waals surface area contributed by atoms with Crippen LogP contribution in [-0.4, -0.2) is 42.1 Å². The van der Waals surface area contributed by atoms with Crippen molar-refractivity contribution in [3.8, 4) is 0 Å². The SMILES string of the molecule is O=C1NC2(CCO1)CN(C(=O)CC1CC3CCC1C3)C2. The Bertz CT molecular complexity index is 444. The first-order valence-corrected chi connectivity index (χ1v) is 7.86. The first kappa shape index (κ1) is 12.5. The summed E-state index contributed by atoms with van der Waals surface area (Å²) in [4.78, 5) is 25.5. The van der Waals surface area contributed by atoms with Crippen molar-refractivity contribution in [2.75, 3.05) is 19.7 Å². The zero-order chi connectivity index (χ0) is 13.7. The first-order chi connectivity index (χ1) is 9.63. The third kappa shape index (κ3) is 1.98. The number of rotatable bonds is 2. The number of hydrogen-bond donors (Lipinski definition) is 1. The van der Waals surface area contributed by atoms with E-state index in [1.165, 1.54) is 25.7 Å². The van der Waals surface area contributed by atoms with Crippen LogP contribution in [0.3, 0.4) is 0 Å². The molecule has 0 radical (unpaired) electrons. The fourth-order valence-electron chi connectivity index (χ4n) is 4.73. The normalized spacial score (nSPS) is 37.5. The molecule has 2 aliphatic carbocycles. The topological polar surface area (TPSA) is 58.6 Å². The lowest BCUT2D eigenvalue weighted by Crippen LogP contribution is -2.73. The Kier molecular flexibility index (Phi) is 2.72. The minimum Gasteiger partial charge on any atom is -0.449 e. The molecule has 1 N–H and O–H groups in total. The Hall–Kier alpha value is -1.26. The van der Waals surface area contributed by atoms with Gasteiger partial charge >= 0.3 is 6.09 Å². The number of fused-ring (bicyclic) bond motifs is 2. The van der Waals surface area contributed by atoms with Gasteiger partial charge in [0.2, 0.25) is 5.91 Å². The Labute approximate surface area is 119 Å². The molecule has 2 bridgehead atoms. The summed E-state index contributed by atoms with van der Waals surface area (Å²) in [5.74, 6) is 2.62. The highest BCUT2D eigenvalue weighted by Crippen LogP contribution is 2.49. The van der Waals surface area contributed by atoms with E-state index in [0.29, 0.717) is 25.6 Å². The van der Waals surface area contributed by atoms with Gasteiger partial charge in [-0.25, -0.2) is 4.79 Å². The molecule has 1 spiro atoms. The lowest BCUT2D eigenvalue weighted by Gasteiger charge is -2.52. The third-order valence-corrected chi connectivity index (χ3v) is 5.84. The van der Waals surface area contributed by atoms with Gasteiger partial charge in [-0.3, -0.25) is 4.79 Å². The minimum absolute atomic E-state index is 0.195. The largest absolute Gasteiger partial charge is 0.449 e. The standard InChI is InChI=1S/C15H22N2O3/c18-13(7-12-6-10-1-2-11(12)5-10)17-8-15(9-17)3-4-20-14(19)16-15/h10-12H,1-9H2,(H,16,19). The van der Waals surface area contributed by atoms with E-state index in [0.717, 1.165) is 24.7 Å². The van der Waals surface area contributed by atoms with Crippen LogP contribution in [-0.2, 0) is 9.53 Å². The average Bonchev–Trinajstić information content (AvgIpc) is 2.97. The van der Waals surface area contributed by atoms with Crippen molar-refractivity contribution in [1.29, 1.82) is 0 Å². The number of likely N-dealkylation sites (tertiary alicyclic amines) is 1. The van der Waals surface area contributed by atoms with Gasteiger partial charge in [0.05, 0.1) is 12.1 Å². The zero-order valence-electron chi connectivity index (χ0n) is 11.8. The highest BCUT2D eigenvalue weighted by molar-refractivity contribution is 5.79. The van der Waals surface area contributed by atoms with Crippen LogP contribution in [0.5, 0.6) is 0 Å². The molecule has 4 aliphatic rings. The van der Waals surface area contributed by atoms with Crippen LogP contribution >= 0.6 is 0 Å². The molecule has 3 atom stereocenters. The van der Waals surface area contributed by atoms with Crippen LogP contribution in [0.2, 0.25) is 0 Å². The monoisotopic (exact) mass is 278 g/mol. The molecule has 5 heteroatoms. The van der Waals surface area contributed by atoms with E-state index in [2.05, 4.69) is 5.32 Å². The van der Waals surface area contributed by atoms with Crippen LogP contribution < -0.4 is 5.32 Å². The second-order valence-corrected chi connectivity index (χ2v) is 7.18. The molecule has 3 unspecified atom stereocenters. The van der Waals surface area contributed by atoms with Gasteiger partial charge < -0.3 is 15.0 Å². The van der Waals surface area contributed by atoms with E-state index in [4.69, 9.17) is 4.74 Å². The van der Waals surface area contributed by atoms with E-state index in [-0.39, 0.29) is 17.5 Å². The van der Waals surface area contributed by atoms with Gasteiger partial charge in [-0.15, -0.1) is 0 Å². The predicted molar refractivity (Wildman–Crippen MR) is 72.0 cm³/mol. The van der Waals surface area contributed by atoms with Crippen LogP contribution in [0.15, 0.2) is 0 Å². The lowest BCUT2D eigenvalue weighted by atomic mass is 9.83. The summed E-state index contributed by atoms with van der Waals surface area (Å²) in [6.45, 7) is 1.81. The Morgan fingerprint density at radius 2 is 2.20 bits per heavy atom. The van der Waals surface area contributed by atoms with Crippen LogP contribution in [0.1, 0.15) is 38.5 Å². The molecule has 4 fully saturated rings. The summed E-state index contributed by atoms with van der Waals surface area (Å²) in [6.07, 6.45) is 6.54.